The van der Waals surface area contributed by atoms with Crippen molar-refractivity contribution < 1.29 is 4.79 Å². The van der Waals surface area contributed by atoms with Gasteiger partial charge in [-0.15, -0.1) is 0 Å². The zero-order valence-corrected chi connectivity index (χ0v) is 15.7. The number of carbonyl (C=O) groups is 1. The van der Waals surface area contributed by atoms with Crippen molar-refractivity contribution in [2.75, 3.05) is 19.6 Å². The van der Waals surface area contributed by atoms with Crippen molar-refractivity contribution in [1.29, 1.82) is 0 Å². The van der Waals surface area contributed by atoms with Crippen molar-refractivity contribution in [3.05, 3.63) is 76.3 Å². The number of rotatable bonds is 5. The fourth-order valence-electron chi connectivity index (χ4n) is 3.94. The number of para-hydroxylation sites is 1. The lowest BCUT2D eigenvalue weighted by Crippen LogP contribution is -2.40. The average molecular weight is 376 g/mol. The van der Waals surface area contributed by atoms with Crippen LogP contribution in [0.15, 0.2) is 59.7 Å². The van der Waals surface area contributed by atoms with E-state index in [0.29, 0.717) is 17.6 Å². The van der Waals surface area contributed by atoms with Gasteiger partial charge in [0.05, 0.1) is 11.6 Å². The molecule has 3 heterocycles. The van der Waals surface area contributed by atoms with E-state index in [0.717, 1.165) is 24.0 Å². The summed E-state index contributed by atoms with van der Waals surface area (Å²) in [5.74, 6) is -0.229. The Morgan fingerprint density at radius 1 is 1.14 bits per heavy atom. The second kappa shape index (κ2) is 8.35. The summed E-state index contributed by atoms with van der Waals surface area (Å²) in [6, 6.07) is 12.8. The fourth-order valence-corrected chi connectivity index (χ4v) is 3.94. The van der Waals surface area contributed by atoms with E-state index in [1.807, 2.05) is 30.5 Å². The highest BCUT2D eigenvalue weighted by atomic mass is 16.2. The summed E-state index contributed by atoms with van der Waals surface area (Å²) < 4.78 is 0. The maximum atomic E-state index is 12.9. The lowest BCUT2D eigenvalue weighted by molar-refractivity contribution is 0.0925. The van der Waals surface area contributed by atoms with Crippen molar-refractivity contribution in [3.63, 3.8) is 0 Å². The van der Waals surface area contributed by atoms with Crippen LogP contribution in [-0.2, 0) is 0 Å². The van der Waals surface area contributed by atoms with Gasteiger partial charge in [-0.05, 0) is 43.6 Å². The third-order valence-corrected chi connectivity index (χ3v) is 5.35. The van der Waals surface area contributed by atoms with Gasteiger partial charge in [0.1, 0.15) is 0 Å². The number of H-pyrrole nitrogens is 1. The molecular formula is C22H24N4O2. The first-order valence-electron chi connectivity index (χ1n) is 9.76. The maximum Gasteiger partial charge on any atom is 0.252 e. The van der Waals surface area contributed by atoms with Crippen molar-refractivity contribution in [2.24, 2.45) is 0 Å². The van der Waals surface area contributed by atoms with E-state index in [-0.39, 0.29) is 17.5 Å². The monoisotopic (exact) mass is 376 g/mol. The Kier molecular flexibility index (Phi) is 5.48. The minimum atomic E-state index is -0.274. The van der Waals surface area contributed by atoms with E-state index < -0.39 is 0 Å². The van der Waals surface area contributed by atoms with Gasteiger partial charge in [-0.25, -0.2) is 0 Å². The van der Waals surface area contributed by atoms with Gasteiger partial charge in [0, 0.05) is 35.9 Å². The first-order valence-corrected chi connectivity index (χ1v) is 9.76. The number of hydrogen-bond donors (Lipinski definition) is 2. The van der Waals surface area contributed by atoms with Gasteiger partial charge in [0.25, 0.3) is 5.91 Å². The summed E-state index contributed by atoms with van der Waals surface area (Å²) in [6.07, 6.45) is 7.22. The minimum absolute atomic E-state index is 0.0752. The van der Waals surface area contributed by atoms with Crippen molar-refractivity contribution >= 4 is 16.8 Å². The van der Waals surface area contributed by atoms with E-state index in [9.17, 15) is 9.59 Å². The van der Waals surface area contributed by atoms with Crippen molar-refractivity contribution in [3.8, 4) is 0 Å². The second-order valence-electron chi connectivity index (χ2n) is 7.20. The Bertz CT molecular complexity index is 1010. The maximum absolute atomic E-state index is 12.9. The molecule has 1 amide bonds. The number of hydrogen-bond acceptors (Lipinski definition) is 4. The SMILES string of the molecule is O=C(NC[C@H](c1cccnc1)N1CCCCC1)c1cc(=O)[nH]c2ccccc12. The first-order chi connectivity index (χ1) is 13.7. The lowest BCUT2D eigenvalue weighted by Gasteiger charge is -2.34. The molecular weight excluding hydrogens is 352 g/mol. The fraction of sp³-hybridized carbons (Fsp3) is 0.318. The molecule has 4 rings (SSSR count). The molecule has 6 heteroatoms. The third kappa shape index (κ3) is 3.97. The Labute approximate surface area is 163 Å². The van der Waals surface area contributed by atoms with Crippen LogP contribution in [0.1, 0.15) is 41.2 Å². The number of amides is 1. The highest BCUT2D eigenvalue weighted by Gasteiger charge is 2.23. The Morgan fingerprint density at radius 2 is 1.96 bits per heavy atom. The third-order valence-electron chi connectivity index (χ3n) is 5.35. The molecule has 1 aliphatic heterocycles. The predicted octanol–water partition coefficient (Wildman–Crippen LogP) is 2.88. The predicted molar refractivity (Wildman–Crippen MR) is 109 cm³/mol. The lowest BCUT2D eigenvalue weighted by atomic mass is 10.0. The van der Waals surface area contributed by atoms with Crippen LogP contribution in [0.5, 0.6) is 0 Å². The largest absolute Gasteiger partial charge is 0.350 e. The van der Waals surface area contributed by atoms with Gasteiger partial charge >= 0.3 is 0 Å². The smallest absolute Gasteiger partial charge is 0.252 e. The number of benzene rings is 1. The van der Waals surface area contributed by atoms with Crippen LogP contribution in [0.2, 0.25) is 0 Å². The van der Waals surface area contributed by atoms with Crippen LogP contribution in [0.3, 0.4) is 0 Å². The van der Waals surface area contributed by atoms with Crippen LogP contribution in [0, 0.1) is 0 Å². The molecule has 3 aromatic rings. The number of piperidine rings is 1. The van der Waals surface area contributed by atoms with Gasteiger partial charge in [0.15, 0.2) is 0 Å². The first kappa shape index (κ1) is 18.4. The van der Waals surface area contributed by atoms with Gasteiger partial charge in [-0.3, -0.25) is 19.5 Å². The van der Waals surface area contributed by atoms with E-state index >= 15 is 0 Å². The number of carbonyl (C=O) groups excluding carboxylic acids is 1. The summed E-state index contributed by atoms with van der Waals surface area (Å²) >= 11 is 0. The standard InChI is InChI=1S/C22H24N4O2/c27-21-13-18(17-8-2-3-9-19(17)25-21)22(28)24-15-20(16-7-6-10-23-14-16)26-11-4-1-5-12-26/h2-3,6-10,13-14,20H,1,4-5,11-12,15H2,(H,24,28)(H,25,27)/t20-/m1/s1. The highest BCUT2D eigenvalue weighted by Crippen LogP contribution is 2.24. The second-order valence-corrected chi connectivity index (χ2v) is 7.20. The molecule has 0 bridgehead atoms. The summed E-state index contributed by atoms with van der Waals surface area (Å²) in [7, 11) is 0. The average Bonchev–Trinajstić information content (AvgIpc) is 2.74. The molecule has 1 aliphatic rings. The molecule has 0 unspecified atom stereocenters. The molecule has 1 saturated heterocycles. The molecule has 0 aliphatic carbocycles. The molecule has 28 heavy (non-hydrogen) atoms. The number of likely N-dealkylation sites (tertiary alicyclic amines) is 1. The summed E-state index contributed by atoms with van der Waals surface area (Å²) in [4.78, 5) is 34.3. The molecule has 2 aromatic heterocycles. The van der Waals surface area contributed by atoms with Crippen LogP contribution >= 0.6 is 0 Å². The number of nitrogens with zero attached hydrogens (tertiary/aromatic N) is 2. The van der Waals surface area contributed by atoms with Gasteiger partial charge in [-0.2, -0.15) is 0 Å². The Morgan fingerprint density at radius 3 is 2.75 bits per heavy atom. The highest BCUT2D eigenvalue weighted by molar-refractivity contribution is 6.05. The molecule has 1 fully saturated rings. The molecule has 144 valence electrons. The quantitative estimate of drug-likeness (QED) is 0.718. The molecule has 0 spiro atoms. The van der Waals surface area contributed by atoms with Crippen LogP contribution in [-0.4, -0.2) is 40.4 Å². The van der Waals surface area contributed by atoms with Crippen molar-refractivity contribution in [2.45, 2.75) is 25.3 Å². The van der Waals surface area contributed by atoms with Crippen LogP contribution < -0.4 is 10.9 Å². The minimum Gasteiger partial charge on any atom is -0.350 e. The van der Waals surface area contributed by atoms with E-state index in [4.69, 9.17) is 0 Å². The summed E-state index contributed by atoms with van der Waals surface area (Å²) in [5, 5.41) is 3.80. The molecule has 0 saturated carbocycles. The number of nitrogens with one attached hydrogen (secondary N) is 2. The van der Waals surface area contributed by atoms with Gasteiger partial charge in [0.2, 0.25) is 5.56 Å². The van der Waals surface area contributed by atoms with E-state index in [2.05, 4.69) is 26.3 Å². The molecule has 0 radical (unpaired) electrons. The van der Waals surface area contributed by atoms with Gasteiger partial charge in [-0.1, -0.05) is 30.7 Å². The molecule has 1 aromatic carbocycles. The van der Waals surface area contributed by atoms with Gasteiger partial charge < -0.3 is 10.3 Å². The summed E-state index contributed by atoms with van der Waals surface area (Å²) in [5.41, 5.74) is 1.90. The van der Waals surface area contributed by atoms with Crippen LogP contribution in [0.25, 0.3) is 10.9 Å². The number of pyridine rings is 2. The molecule has 6 nitrogen and oxygen atoms in total. The van der Waals surface area contributed by atoms with E-state index in [1.165, 1.54) is 25.3 Å². The topological polar surface area (TPSA) is 78.1 Å². The number of aromatic nitrogens is 2. The zero-order valence-electron chi connectivity index (χ0n) is 15.7. The van der Waals surface area contributed by atoms with Crippen LogP contribution in [0.4, 0.5) is 0 Å². The van der Waals surface area contributed by atoms with E-state index in [1.54, 1.807) is 12.3 Å². The van der Waals surface area contributed by atoms with Crippen molar-refractivity contribution in [1.82, 2.24) is 20.2 Å². The summed E-state index contributed by atoms with van der Waals surface area (Å²) in [6.45, 7) is 2.51. The zero-order chi connectivity index (χ0) is 19.3. The Balaban J connectivity index is 1.57. The Hall–Kier alpha value is -2.99. The molecule has 1 atom stereocenters. The number of aromatic amines is 1. The normalized spacial score (nSPS) is 16.0. The molecule has 2 N–H and O–H groups in total. The number of fused-ring (bicyclic) bond motifs is 1.